The maximum Gasteiger partial charge on any atom is 1.00 e. The fraction of sp³-hybridized carbons (Fsp3) is 0.0667. The molecule has 0 bridgehead atoms. The number of aromatic nitrogens is 1. The van der Waals surface area contributed by atoms with Gasteiger partial charge in [-0.2, -0.15) is 0 Å². The molecule has 0 saturated carbocycles. The molecule has 0 spiro atoms. The minimum atomic E-state index is -1.08. The summed E-state index contributed by atoms with van der Waals surface area (Å²) in [6, 6.07) is 15.1. The van der Waals surface area contributed by atoms with Crippen molar-refractivity contribution in [3.8, 4) is 0 Å². The number of nitrogens with one attached hydrogen (secondary N) is 1. The summed E-state index contributed by atoms with van der Waals surface area (Å²) in [5.74, 6) is -1.08. The molecule has 0 saturated heterocycles. The van der Waals surface area contributed by atoms with Gasteiger partial charge in [0.15, 0.2) is 5.43 Å². The van der Waals surface area contributed by atoms with Gasteiger partial charge in [-0.05, 0) is 31.2 Å². The summed E-state index contributed by atoms with van der Waals surface area (Å²) in [5, 5.41) is 10.4. The number of benzene rings is 2. The predicted molar refractivity (Wildman–Crippen MR) is 72.8 cm³/mol. The molecule has 0 aliphatic carbocycles. The van der Waals surface area contributed by atoms with E-state index in [2.05, 4.69) is 4.98 Å². The SMILES string of the molecule is CC(=O)[O-].O=c1c2ccccc2[nH]c2ccccc12.[Na+]. The second-order valence-electron chi connectivity index (χ2n) is 4.04. The van der Waals surface area contributed by atoms with Gasteiger partial charge in [0.25, 0.3) is 0 Å². The van der Waals surface area contributed by atoms with Crippen LogP contribution < -0.4 is 40.1 Å². The van der Waals surface area contributed by atoms with Crippen LogP contribution in [-0.4, -0.2) is 11.0 Å². The predicted octanol–water partition coefficient (Wildman–Crippen LogP) is -1.56. The van der Waals surface area contributed by atoms with E-state index in [1.807, 2.05) is 48.5 Å². The zero-order chi connectivity index (χ0) is 13.8. The van der Waals surface area contributed by atoms with Crippen molar-refractivity contribution < 1.29 is 39.5 Å². The third-order valence-corrected chi connectivity index (χ3v) is 2.61. The molecule has 4 nitrogen and oxygen atoms in total. The molecule has 3 rings (SSSR count). The number of para-hydroxylation sites is 2. The van der Waals surface area contributed by atoms with Gasteiger partial charge in [-0.15, -0.1) is 0 Å². The third kappa shape index (κ3) is 3.70. The van der Waals surface area contributed by atoms with Crippen molar-refractivity contribution in [1.82, 2.24) is 4.98 Å². The van der Waals surface area contributed by atoms with Crippen molar-refractivity contribution >= 4 is 27.8 Å². The molecule has 3 aromatic rings. The molecule has 0 aliphatic heterocycles. The van der Waals surface area contributed by atoms with E-state index >= 15 is 0 Å². The van der Waals surface area contributed by atoms with Crippen LogP contribution in [0.2, 0.25) is 0 Å². The number of rotatable bonds is 0. The Balaban J connectivity index is 0.000000359. The van der Waals surface area contributed by atoms with Crippen molar-refractivity contribution in [3.63, 3.8) is 0 Å². The third-order valence-electron chi connectivity index (χ3n) is 2.61. The van der Waals surface area contributed by atoms with Crippen LogP contribution in [-0.2, 0) is 4.79 Å². The van der Waals surface area contributed by atoms with E-state index in [1.54, 1.807) is 0 Å². The summed E-state index contributed by atoms with van der Waals surface area (Å²) in [6.45, 7) is 0.972. The largest absolute Gasteiger partial charge is 1.00 e. The molecule has 1 N–H and O–H groups in total. The number of carbonyl (C=O) groups is 1. The first-order chi connectivity index (χ1) is 9.09. The fourth-order valence-corrected chi connectivity index (χ4v) is 1.87. The maximum absolute atomic E-state index is 12.1. The van der Waals surface area contributed by atoms with Gasteiger partial charge in [-0.1, -0.05) is 24.3 Å². The van der Waals surface area contributed by atoms with Crippen molar-refractivity contribution in [2.45, 2.75) is 6.92 Å². The molecule has 0 amide bonds. The van der Waals surface area contributed by atoms with Gasteiger partial charge in [0.1, 0.15) is 0 Å². The molecule has 20 heavy (non-hydrogen) atoms. The van der Waals surface area contributed by atoms with E-state index in [0.29, 0.717) is 0 Å². The molecule has 0 radical (unpaired) electrons. The van der Waals surface area contributed by atoms with Gasteiger partial charge in [0.05, 0.1) is 0 Å². The Morgan fingerprint density at radius 3 is 1.70 bits per heavy atom. The number of H-pyrrole nitrogens is 1. The van der Waals surface area contributed by atoms with Gasteiger partial charge in [0.2, 0.25) is 0 Å². The zero-order valence-electron chi connectivity index (χ0n) is 11.3. The number of aromatic amines is 1. The zero-order valence-corrected chi connectivity index (χ0v) is 13.3. The Morgan fingerprint density at radius 1 is 0.950 bits per heavy atom. The van der Waals surface area contributed by atoms with E-state index < -0.39 is 5.97 Å². The normalized spacial score (nSPS) is 9.45. The summed E-state index contributed by atoms with van der Waals surface area (Å²) >= 11 is 0. The van der Waals surface area contributed by atoms with Crippen LogP contribution in [0.5, 0.6) is 0 Å². The molecular weight excluding hydrogens is 265 g/mol. The van der Waals surface area contributed by atoms with Gasteiger partial charge in [-0.3, -0.25) is 4.79 Å². The minimum Gasteiger partial charge on any atom is -0.550 e. The van der Waals surface area contributed by atoms with Crippen LogP contribution in [0.25, 0.3) is 21.8 Å². The maximum atomic E-state index is 12.1. The molecule has 1 heterocycles. The van der Waals surface area contributed by atoms with Crippen molar-refractivity contribution in [3.05, 3.63) is 58.8 Å². The second-order valence-corrected chi connectivity index (χ2v) is 4.04. The Bertz CT molecular complexity index is 735. The number of hydrogen-bond acceptors (Lipinski definition) is 3. The number of aliphatic carboxylic acids is 1. The van der Waals surface area contributed by atoms with E-state index in [1.165, 1.54) is 0 Å². The molecule has 0 atom stereocenters. The number of carboxylic acid groups (broad SMARTS) is 1. The van der Waals surface area contributed by atoms with Crippen LogP contribution in [0.15, 0.2) is 53.3 Å². The van der Waals surface area contributed by atoms with Gasteiger partial charge in [0, 0.05) is 27.8 Å². The standard InChI is InChI=1S/C13H9NO.C2H4O2.Na/c15-13-9-5-1-3-7-11(9)14-12-8-4-2-6-10(12)13;1-2(3)4;/h1-8H,(H,14,15);1H3,(H,3,4);/q;;+1/p-1. The fourth-order valence-electron chi connectivity index (χ4n) is 1.87. The van der Waals surface area contributed by atoms with Gasteiger partial charge < -0.3 is 14.9 Å². The molecular formula is C15H12NNaO3. The molecule has 2 aromatic carbocycles. The second kappa shape index (κ2) is 7.24. The van der Waals surface area contributed by atoms with E-state index in [0.717, 1.165) is 28.7 Å². The van der Waals surface area contributed by atoms with E-state index in [4.69, 9.17) is 9.90 Å². The van der Waals surface area contributed by atoms with Crippen molar-refractivity contribution in [2.75, 3.05) is 0 Å². The van der Waals surface area contributed by atoms with E-state index in [-0.39, 0.29) is 35.0 Å². The van der Waals surface area contributed by atoms with Gasteiger partial charge >= 0.3 is 29.6 Å². The molecule has 96 valence electrons. The first-order valence-electron chi connectivity index (χ1n) is 5.77. The van der Waals surface area contributed by atoms with Crippen molar-refractivity contribution in [2.24, 2.45) is 0 Å². The summed E-state index contributed by atoms with van der Waals surface area (Å²) in [6.07, 6.45) is 0. The van der Waals surface area contributed by atoms with Crippen LogP contribution in [0.3, 0.4) is 0 Å². The van der Waals surface area contributed by atoms with E-state index in [9.17, 15) is 4.79 Å². The number of fused-ring (bicyclic) bond motifs is 2. The molecule has 0 fully saturated rings. The summed E-state index contributed by atoms with van der Waals surface area (Å²) < 4.78 is 0. The summed E-state index contributed by atoms with van der Waals surface area (Å²) in [4.78, 5) is 24.2. The quantitative estimate of drug-likeness (QED) is 0.399. The van der Waals surface area contributed by atoms with Crippen molar-refractivity contribution in [1.29, 1.82) is 0 Å². The number of pyridine rings is 1. The Kier molecular flexibility index (Phi) is 5.95. The average Bonchev–Trinajstić information content (AvgIpc) is 2.38. The van der Waals surface area contributed by atoms with Crippen LogP contribution in [0.1, 0.15) is 6.92 Å². The Hall–Kier alpha value is -1.62. The topological polar surface area (TPSA) is 73.0 Å². The molecule has 0 unspecified atom stereocenters. The molecule has 5 heteroatoms. The Morgan fingerprint density at radius 2 is 1.30 bits per heavy atom. The first-order valence-corrected chi connectivity index (χ1v) is 5.77. The average molecular weight is 277 g/mol. The minimum absolute atomic E-state index is 0. The van der Waals surface area contributed by atoms with Crippen LogP contribution >= 0.6 is 0 Å². The molecule has 1 aromatic heterocycles. The molecule has 0 aliphatic rings. The summed E-state index contributed by atoms with van der Waals surface area (Å²) in [7, 11) is 0. The Labute approximate surface area is 137 Å². The van der Waals surface area contributed by atoms with Crippen LogP contribution in [0, 0.1) is 0 Å². The van der Waals surface area contributed by atoms with Gasteiger partial charge in [-0.25, -0.2) is 0 Å². The summed E-state index contributed by atoms with van der Waals surface area (Å²) in [5.41, 5.74) is 1.88. The smallest absolute Gasteiger partial charge is 0.550 e. The number of carbonyl (C=O) groups excluding carboxylic acids is 1. The van der Waals surface area contributed by atoms with Crippen LogP contribution in [0.4, 0.5) is 0 Å². The number of hydrogen-bond donors (Lipinski definition) is 1. The monoisotopic (exact) mass is 277 g/mol. The number of carboxylic acids is 1. The first kappa shape index (κ1) is 16.4.